The Morgan fingerprint density at radius 3 is 2.44 bits per heavy atom. The third kappa shape index (κ3) is 1.62. The van der Waals surface area contributed by atoms with Crippen molar-refractivity contribution in [1.82, 2.24) is 4.57 Å². The van der Waals surface area contributed by atoms with Gasteiger partial charge in [0, 0.05) is 29.1 Å². The lowest BCUT2D eigenvalue weighted by atomic mass is 9.52. The zero-order valence-corrected chi connectivity index (χ0v) is 18.6. The molecule has 3 heteroatoms. The van der Waals surface area contributed by atoms with E-state index in [0.29, 0.717) is 6.04 Å². The lowest BCUT2D eigenvalue weighted by Crippen LogP contribution is -2.62. The van der Waals surface area contributed by atoms with Gasteiger partial charge in [0.25, 0.3) is 0 Å². The number of nitrogens with zero attached hydrogens (tertiary/aromatic N) is 2. The molecule has 0 aliphatic carbocycles. The molecule has 5 rings (SSSR count). The molecule has 0 spiro atoms. The van der Waals surface area contributed by atoms with Crippen LogP contribution in [-0.4, -0.2) is 4.57 Å². The second-order valence-electron chi connectivity index (χ2n) is 9.80. The first-order valence-corrected chi connectivity index (χ1v) is 10.9. The van der Waals surface area contributed by atoms with Gasteiger partial charge in [-0.15, -0.1) is 11.3 Å². The van der Waals surface area contributed by atoms with Crippen LogP contribution in [0.3, 0.4) is 0 Å². The molecule has 2 nitrogen and oxygen atoms in total. The largest absolute Gasteiger partial charge is 0.353 e. The zero-order valence-electron chi connectivity index (χ0n) is 17.8. The molecule has 2 aromatic heterocycles. The van der Waals surface area contributed by atoms with E-state index in [2.05, 4.69) is 94.6 Å². The van der Waals surface area contributed by atoms with Gasteiger partial charge in [0.15, 0.2) is 0 Å². The Morgan fingerprint density at radius 1 is 1.04 bits per heavy atom. The fourth-order valence-electron chi connectivity index (χ4n) is 6.26. The van der Waals surface area contributed by atoms with Crippen molar-refractivity contribution in [3.8, 4) is 0 Å². The number of hydrogen-bond donors (Lipinski definition) is 0. The smallest absolute Gasteiger partial charge is 0.103 e. The van der Waals surface area contributed by atoms with Crippen molar-refractivity contribution in [1.29, 1.82) is 0 Å². The van der Waals surface area contributed by atoms with Crippen molar-refractivity contribution in [3.63, 3.8) is 0 Å². The molecule has 142 valence electrons. The molecule has 2 aliphatic heterocycles. The molecular formula is C24H30N2S. The van der Waals surface area contributed by atoms with Crippen molar-refractivity contribution in [3.05, 3.63) is 52.0 Å². The molecule has 0 radical (unpaired) electrons. The molecule has 2 aliphatic rings. The predicted molar refractivity (Wildman–Crippen MR) is 117 cm³/mol. The van der Waals surface area contributed by atoms with Gasteiger partial charge < -0.3 is 9.47 Å². The summed E-state index contributed by atoms with van der Waals surface area (Å²) >= 11 is 1.87. The molecule has 0 N–H and O–H groups in total. The highest BCUT2D eigenvalue weighted by Crippen LogP contribution is 2.68. The van der Waals surface area contributed by atoms with Gasteiger partial charge in [-0.05, 0) is 48.8 Å². The molecule has 4 heterocycles. The molecule has 0 amide bonds. The Kier molecular flexibility index (Phi) is 3.09. The van der Waals surface area contributed by atoms with Crippen LogP contribution in [0.15, 0.2) is 29.6 Å². The average Bonchev–Trinajstić information content (AvgIpc) is 3.22. The Hall–Kier alpha value is -1.74. The van der Waals surface area contributed by atoms with Crippen LogP contribution in [0.25, 0.3) is 10.2 Å². The minimum atomic E-state index is -0.0577. The summed E-state index contributed by atoms with van der Waals surface area (Å²) in [5.41, 5.74) is 7.47. The summed E-state index contributed by atoms with van der Waals surface area (Å²) in [6.45, 7) is 17.0. The van der Waals surface area contributed by atoms with Crippen molar-refractivity contribution in [2.45, 2.75) is 65.5 Å². The molecule has 2 unspecified atom stereocenters. The minimum Gasteiger partial charge on any atom is -0.353 e. The predicted octanol–water partition coefficient (Wildman–Crippen LogP) is 6.66. The Balaban J connectivity index is 1.97. The summed E-state index contributed by atoms with van der Waals surface area (Å²) in [6.07, 6.45) is 0. The van der Waals surface area contributed by atoms with Crippen molar-refractivity contribution in [2.24, 2.45) is 12.5 Å². The van der Waals surface area contributed by atoms with Gasteiger partial charge >= 0.3 is 0 Å². The van der Waals surface area contributed by atoms with Gasteiger partial charge in [-0.25, -0.2) is 0 Å². The summed E-state index contributed by atoms with van der Waals surface area (Å²) < 4.78 is 2.49. The standard InChI is InChI=1S/C24H30N2S/c1-14-10-9-11-17-19(14)26-15(2)18-16-12-13-27-21(16)25(8)20(18)24(26,7)23(5,6)22(17,3)4/h9-13,15H,1-8H3. The maximum atomic E-state index is 2.75. The SMILES string of the molecule is Cc1cccc2c1N1C(C)c3c(n(C)c4sccc34)C1(C)C(C)(C)C2(C)C. The third-order valence-corrected chi connectivity index (χ3v) is 9.50. The third-order valence-electron chi connectivity index (χ3n) is 8.51. The van der Waals surface area contributed by atoms with Crippen molar-refractivity contribution < 1.29 is 0 Å². The quantitative estimate of drug-likeness (QED) is 0.424. The Morgan fingerprint density at radius 2 is 1.74 bits per heavy atom. The maximum absolute atomic E-state index is 2.75. The summed E-state index contributed by atoms with van der Waals surface area (Å²) in [4.78, 5) is 4.17. The molecular weight excluding hydrogens is 348 g/mol. The molecule has 0 saturated carbocycles. The summed E-state index contributed by atoms with van der Waals surface area (Å²) in [6, 6.07) is 9.58. The van der Waals surface area contributed by atoms with Crippen molar-refractivity contribution in [2.75, 3.05) is 4.90 Å². The fraction of sp³-hybridized carbons (Fsp3) is 0.500. The van der Waals surface area contributed by atoms with Gasteiger partial charge in [0.2, 0.25) is 0 Å². The Labute approximate surface area is 166 Å². The van der Waals surface area contributed by atoms with Crippen LogP contribution >= 0.6 is 11.3 Å². The van der Waals surface area contributed by atoms with Gasteiger partial charge in [-0.1, -0.05) is 45.9 Å². The maximum Gasteiger partial charge on any atom is 0.103 e. The first-order chi connectivity index (χ1) is 12.6. The van der Waals surface area contributed by atoms with E-state index in [1.54, 1.807) is 0 Å². The number of anilines is 1. The molecule has 3 aromatic rings. The number of rotatable bonds is 0. The summed E-state index contributed by atoms with van der Waals surface area (Å²) in [5.74, 6) is 0. The van der Waals surface area contributed by atoms with Gasteiger partial charge in [0.05, 0.1) is 17.3 Å². The average molecular weight is 379 g/mol. The van der Waals surface area contributed by atoms with E-state index in [1.807, 2.05) is 11.3 Å². The molecule has 0 bridgehead atoms. The second kappa shape index (κ2) is 4.81. The van der Waals surface area contributed by atoms with E-state index in [1.165, 1.54) is 38.3 Å². The van der Waals surface area contributed by atoms with E-state index in [4.69, 9.17) is 0 Å². The number of aromatic nitrogens is 1. The highest BCUT2D eigenvalue weighted by molar-refractivity contribution is 7.16. The number of fused-ring (bicyclic) bond motifs is 7. The van der Waals surface area contributed by atoms with Crippen LogP contribution in [0.2, 0.25) is 0 Å². The molecule has 2 atom stereocenters. The molecule has 0 fully saturated rings. The number of thiophene rings is 1. The topological polar surface area (TPSA) is 8.17 Å². The first kappa shape index (κ1) is 17.4. The summed E-state index contributed by atoms with van der Waals surface area (Å²) in [7, 11) is 2.27. The summed E-state index contributed by atoms with van der Waals surface area (Å²) in [5, 5.41) is 3.69. The Bertz CT molecular complexity index is 1100. The van der Waals surface area contributed by atoms with Crippen molar-refractivity contribution >= 4 is 27.2 Å². The van der Waals surface area contributed by atoms with Crippen LogP contribution in [0.1, 0.15) is 70.0 Å². The number of benzene rings is 1. The van der Waals surface area contributed by atoms with E-state index >= 15 is 0 Å². The monoisotopic (exact) mass is 378 g/mol. The van der Waals surface area contributed by atoms with Gasteiger partial charge in [0.1, 0.15) is 4.83 Å². The van der Waals surface area contributed by atoms with E-state index in [9.17, 15) is 0 Å². The fourth-order valence-corrected chi connectivity index (χ4v) is 7.15. The van der Waals surface area contributed by atoms with Crippen LogP contribution in [0.4, 0.5) is 5.69 Å². The number of hydrogen-bond acceptors (Lipinski definition) is 2. The lowest BCUT2D eigenvalue weighted by Gasteiger charge is -2.62. The zero-order chi connectivity index (χ0) is 19.5. The lowest BCUT2D eigenvalue weighted by molar-refractivity contribution is 0.0609. The highest BCUT2D eigenvalue weighted by atomic mass is 32.1. The molecule has 0 saturated heterocycles. The van der Waals surface area contributed by atoms with E-state index in [0.717, 1.165) is 0 Å². The van der Waals surface area contributed by atoms with Crippen LogP contribution in [-0.2, 0) is 18.0 Å². The minimum absolute atomic E-state index is 0.0577. The molecule has 27 heavy (non-hydrogen) atoms. The van der Waals surface area contributed by atoms with Crippen LogP contribution in [0.5, 0.6) is 0 Å². The van der Waals surface area contributed by atoms with Crippen LogP contribution < -0.4 is 4.90 Å². The van der Waals surface area contributed by atoms with E-state index < -0.39 is 0 Å². The van der Waals surface area contributed by atoms with E-state index in [-0.39, 0.29) is 16.4 Å². The normalized spacial score (nSPS) is 27.6. The van der Waals surface area contributed by atoms with Crippen LogP contribution in [0, 0.1) is 12.3 Å². The number of para-hydroxylation sites is 1. The highest BCUT2D eigenvalue weighted by Gasteiger charge is 2.65. The van der Waals surface area contributed by atoms with Gasteiger partial charge in [-0.2, -0.15) is 0 Å². The first-order valence-electron chi connectivity index (χ1n) is 10.0. The number of aryl methyl sites for hydroxylation is 2. The second-order valence-corrected chi connectivity index (χ2v) is 10.7. The molecule has 1 aromatic carbocycles. The van der Waals surface area contributed by atoms with Gasteiger partial charge in [-0.3, -0.25) is 0 Å².